The van der Waals surface area contributed by atoms with Crippen LogP contribution in [0.15, 0.2) is 30.5 Å². The highest BCUT2D eigenvalue weighted by atomic mass is 16.5. The number of hydrogen-bond donors (Lipinski definition) is 0. The maximum absolute atomic E-state index is 12.8. The number of likely N-dealkylation sites (tertiary alicyclic amines) is 1. The number of piperazine rings is 1. The lowest BCUT2D eigenvalue weighted by Crippen LogP contribution is -2.51. The zero-order chi connectivity index (χ0) is 19.5. The van der Waals surface area contributed by atoms with Gasteiger partial charge in [-0.15, -0.1) is 0 Å². The van der Waals surface area contributed by atoms with Crippen LogP contribution in [-0.2, 0) is 16.1 Å². The second kappa shape index (κ2) is 8.22. The van der Waals surface area contributed by atoms with Gasteiger partial charge in [0, 0.05) is 56.4 Å². The second-order valence-corrected chi connectivity index (χ2v) is 7.61. The Morgan fingerprint density at radius 2 is 1.57 bits per heavy atom. The molecule has 0 unspecified atom stereocenters. The van der Waals surface area contributed by atoms with Gasteiger partial charge in [0.2, 0.25) is 11.8 Å². The molecule has 7 nitrogen and oxygen atoms in total. The van der Waals surface area contributed by atoms with E-state index in [-0.39, 0.29) is 11.8 Å². The third-order valence-corrected chi connectivity index (χ3v) is 5.83. The molecule has 0 aliphatic carbocycles. The summed E-state index contributed by atoms with van der Waals surface area (Å²) in [6.07, 6.45) is 4.19. The van der Waals surface area contributed by atoms with Crippen molar-refractivity contribution in [2.24, 2.45) is 0 Å². The maximum atomic E-state index is 12.8. The summed E-state index contributed by atoms with van der Waals surface area (Å²) in [5.74, 6) is 1.17. The van der Waals surface area contributed by atoms with Gasteiger partial charge in [-0.2, -0.15) is 0 Å². The van der Waals surface area contributed by atoms with Crippen molar-refractivity contribution in [1.29, 1.82) is 0 Å². The van der Waals surface area contributed by atoms with E-state index in [9.17, 15) is 9.59 Å². The summed E-state index contributed by atoms with van der Waals surface area (Å²) in [5, 5.41) is 1.07. The minimum Gasteiger partial charge on any atom is -0.497 e. The summed E-state index contributed by atoms with van der Waals surface area (Å²) in [7, 11) is 1.65. The molecule has 150 valence electrons. The van der Waals surface area contributed by atoms with Gasteiger partial charge in [0.05, 0.1) is 13.7 Å². The summed E-state index contributed by atoms with van der Waals surface area (Å²) in [6.45, 7) is 5.48. The van der Waals surface area contributed by atoms with Crippen molar-refractivity contribution in [1.82, 2.24) is 19.3 Å². The molecule has 2 aliphatic heterocycles. The lowest BCUT2D eigenvalue weighted by Gasteiger charge is -2.35. The highest BCUT2D eigenvalue weighted by Crippen LogP contribution is 2.22. The van der Waals surface area contributed by atoms with Crippen molar-refractivity contribution in [3.8, 4) is 5.75 Å². The highest BCUT2D eigenvalue weighted by Gasteiger charge is 2.25. The maximum Gasteiger partial charge on any atom is 0.242 e. The monoisotopic (exact) mass is 384 g/mol. The Morgan fingerprint density at radius 3 is 2.29 bits per heavy atom. The molecule has 2 amide bonds. The molecule has 7 heteroatoms. The SMILES string of the molecule is COc1ccc2c(ccn2CC(=O)N2CCN(CC(=O)N3CCCC3)CC2)c1. The number of carbonyl (C=O) groups is 2. The van der Waals surface area contributed by atoms with Crippen molar-refractivity contribution in [3.05, 3.63) is 30.5 Å². The van der Waals surface area contributed by atoms with Crippen LogP contribution in [0.1, 0.15) is 12.8 Å². The number of ether oxygens (including phenoxy) is 1. The van der Waals surface area contributed by atoms with Crippen LogP contribution in [0, 0.1) is 0 Å². The number of rotatable bonds is 5. The quantitative estimate of drug-likeness (QED) is 0.782. The molecule has 1 aromatic heterocycles. The van der Waals surface area contributed by atoms with E-state index in [1.165, 1.54) is 0 Å². The van der Waals surface area contributed by atoms with Crippen molar-refractivity contribution in [2.45, 2.75) is 19.4 Å². The fourth-order valence-electron chi connectivity index (χ4n) is 4.10. The van der Waals surface area contributed by atoms with Crippen LogP contribution in [0.4, 0.5) is 0 Å². The molecule has 0 atom stereocenters. The molecule has 28 heavy (non-hydrogen) atoms. The van der Waals surface area contributed by atoms with Gasteiger partial charge >= 0.3 is 0 Å². The van der Waals surface area contributed by atoms with E-state index >= 15 is 0 Å². The van der Waals surface area contributed by atoms with Crippen LogP contribution in [-0.4, -0.2) is 84.0 Å². The number of aromatic nitrogens is 1. The molecular formula is C21H28N4O3. The normalized spacial score (nSPS) is 18.0. The number of amides is 2. The van der Waals surface area contributed by atoms with Crippen molar-refractivity contribution >= 4 is 22.7 Å². The van der Waals surface area contributed by atoms with Crippen LogP contribution in [0.25, 0.3) is 10.9 Å². The first-order valence-corrected chi connectivity index (χ1v) is 10.0. The first kappa shape index (κ1) is 18.8. The minimum absolute atomic E-state index is 0.124. The summed E-state index contributed by atoms with van der Waals surface area (Å²) in [4.78, 5) is 31.1. The highest BCUT2D eigenvalue weighted by molar-refractivity contribution is 5.84. The zero-order valence-corrected chi connectivity index (χ0v) is 16.5. The van der Waals surface area contributed by atoms with E-state index in [0.717, 1.165) is 55.7 Å². The lowest BCUT2D eigenvalue weighted by atomic mass is 10.2. The van der Waals surface area contributed by atoms with Crippen LogP contribution < -0.4 is 4.74 Å². The van der Waals surface area contributed by atoms with Gasteiger partial charge in [-0.1, -0.05) is 0 Å². The topological polar surface area (TPSA) is 58.0 Å². The molecule has 0 bridgehead atoms. The molecule has 1 aromatic carbocycles. The van der Waals surface area contributed by atoms with Gasteiger partial charge in [0.1, 0.15) is 12.3 Å². The summed E-state index contributed by atoms with van der Waals surface area (Å²) in [6, 6.07) is 7.89. The first-order chi connectivity index (χ1) is 13.6. The average molecular weight is 384 g/mol. The van der Waals surface area contributed by atoms with E-state index in [1.807, 2.05) is 44.8 Å². The summed E-state index contributed by atoms with van der Waals surface area (Å²) in [5.41, 5.74) is 1.03. The van der Waals surface area contributed by atoms with Gasteiger partial charge in [-0.25, -0.2) is 0 Å². The molecule has 3 heterocycles. The third-order valence-electron chi connectivity index (χ3n) is 5.83. The van der Waals surface area contributed by atoms with E-state index < -0.39 is 0 Å². The van der Waals surface area contributed by atoms with Crippen molar-refractivity contribution in [2.75, 3.05) is 52.9 Å². The Balaban J connectivity index is 1.30. The van der Waals surface area contributed by atoms with Crippen LogP contribution in [0.5, 0.6) is 5.75 Å². The number of nitrogens with zero attached hydrogens (tertiary/aromatic N) is 4. The minimum atomic E-state index is 0.124. The average Bonchev–Trinajstić information content (AvgIpc) is 3.38. The van der Waals surface area contributed by atoms with E-state index in [4.69, 9.17) is 4.74 Å². The zero-order valence-electron chi connectivity index (χ0n) is 16.5. The smallest absolute Gasteiger partial charge is 0.242 e. The molecule has 0 saturated carbocycles. The molecule has 2 fully saturated rings. The fraction of sp³-hybridized carbons (Fsp3) is 0.524. The predicted octanol–water partition coefficient (Wildman–Crippen LogP) is 1.42. The number of carbonyl (C=O) groups excluding carboxylic acids is 2. The van der Waals surface area contributed by atoms with Crippen molar-refractivity contribution in [3.63, 3.8) is 0 Å². The predicted molar refractivity (Wildman–Crippen MR) is 107 cm³/mol. The first-order valence-electron chi connectivity index (χ1n) is 10.0. The summed E-state index contributed by atoms with van der Waals surface area (Å²) < 4.78 is 7.25. The van der Waals surface area contributed by atoms with Crippen LogP contribution in [0.3, 0.4) is 0 Å². The number of hydrogen-bond acceptors (Lipinski definition) is 4. The largest absolute Gasteiger partial charge is 0.497 e. The Bertz CT molecular complexity index is 848. The van der Waals surface area contributed by atoms with E-state index in [2.05, 4.69) is 4.90 Å². The van der Waals surface area contributed by atoms with Gasteiger partial charge in [0.15, 0.2) is 0 Å². The van der Waals surface area contributed by atoms with Crippen LogP contribution >= 0.6 is 0 Å². The molecule has 4 rings (SSSR count). The standard InChI is InChI=1S/C21H28N4O3/c1-28-18-4-5-19-17(14-18)6-9-25(19)16-21(27)24-12-10-22(11-13-24)15-20(26)23-7-2-3-8-23/h4-6,9,14H,2-3,7-8,10-13,15-16H2,1H3. The molecule has 2 saturated heterocycles. The molecule has 0 N–H and O–H groups in total. The van der Waals surface area contributed by atoms with Gasteiger partial charge < -0.3 is 19.1 Å². The van der Waals surface area contributed by atoms with Gasteiger partial charge in [-0.05, 0) is 37.1 Å². The lowest BCUT2D eigenvalue weighted by molar-refractivity contribution is -0.135. The van der Waals surface area contributed by atoms with E-state index in [0.29, 0.717) is 26.2 Å². The van der Waals surface area contributed by atoms with Gasteiger partial charge in [-0.3, -0.25) is 14.5 Å². The molecule has 0 radical (unpaired) electrons. The van der Waals surface area contributed by atoms with E-state index in [1.54, 1.807) is 7.11 Å². The molecule has 0 spiro atoms. The molecular weight excluding hydrogens is 356 g/mol. The Hall–Kier alpha value is -2.54. The Kier molecular flexibility index (Phi) is 5.52. The number of benzene rings is 1. The fourth-order valence-corrected chi connectivity index (χ4v) is 4.10. The third kappa shape index (κ3) is 3.99. The number of fused-ring (bicyclic) bond motifs is 1. The number of methoxy groups -OCH3 is 1. The second-order valence-electron chi connectivity index (χ2n) is 7.61. The van der Waals surface area contributed by atoms with Crippen LogP contribution in [0.2, 0.25) is 0 Å². The molecule has 2 aromatic rings. The Morgan fingerprint density at radius 1 is 0.893 bits per heavy atom. The van der Waals surface area contributed by atoms with Crippen molar-refractivity contribution < 1.29 is 14.3 Å². The van der Waals surface area contributed by atoms with Gasteiger partial charge in [0.25, 0.3) is 0 Å². The molecule has 2 aliphatic rings. The summed E-state index contributed by atoms with van der Waals surface area (Å²) >= 11 is 0. The Labute approximate surface area is 165 Å².